The number of amides is 1. The summed E-state index contributed by atoms with van der Waals surface area (Å²) in [6, 6.07) is 3.50. The lowest BCUT2D eigenvalue weighted by Gasteiger charge is -2.10. The van der Waals surface area contributed by atoms with Crippen LogP contribution in [0.3, 0.4) is 0 Å². The Balaban J connectivity index is 2.02. The van der Waals surface area contributed by atoms with Crippen LogP contribution in [0.4, 0.5) is 13.2 Å². The fraction of sp³-hybridized carbons (Fsp3) is 0.231. The van der Waals surface area contributed by atoms with Gasteiger partial charge in [-0.25, -0.2) is 0 Å². The van der Waals surface area contributed by atoms with Crippen LogP contribution in [0.5, 0.6) is 5.75 Å². The monoisotopic (exact) mass is 395 g/mol. The fourth-order valence-corrected chi connectivity index (χ4v) is 2.84. The van der Waals surface area contributed by atoms with Gasteiger partial charge in [0.1, 0.15) is 11.0 Å². The van der Waals surface area contributed by atoms with Gasteiger partial charge < -0.3 is 15.2 Å². The van der Waals surface area contributed by atoms with Crippen LogP contribution in [-0.2, 0) is 9.59 Å². The molecule has 1 unspecified atom stereocenters. The van der Waals surface area contributed by atoms with Gasteiger partial charge in [-0.15, -0.1) is 18.3 Å². The van der Waals surface area contributed by atoms with E-state index in [1.54, 1.807) is 0 Å². The second-order valence-electron chi connectivity index (χ2n) is 4.58. The Hall–Kier alpha value is -2.27. The predicted octanol–water partition coefficient (Wildman–Crippen LogP) is 2.63. The van der Waals surface area contributed by atoms with Crippen LogP contribution in [-0.4, -0.2) is 40.0 Å². The van der Waals surface area contributed by atoms with Gasteiger partial charge in [-0.1, -0.05) is 23.4 Å². The number of carbonyl (C=O) groups excluding carboxylic acids is 1. The van der Waals surface area contributed by atoms with E-state index in [1.807, 2.05) is 0 Å². The van der Waals surface area contributed by atoms with Crippen molar-refractivity contribution in [1.82, 2.24) is 5.32 Å². The molecule has 0 spiro atoms. The Kier molecular flexibility index (Phi) is 5.90. The highest BCUT2D eigenvalue weighted by molar-refractivity contribution is 8.15. The Morgan fingerprint density at radius 3 is 2.80 bits per heavy atom. The Labute approximate surface area is 147 Å². The summed E-state index contributed by atoms with van der Waals surface area (Å²) in [7, 11) is 0. The van der Waals surface area contributed by atoms with E-state index in [2.05, 4.69) is 20.3 Å². The number of amidine groups is 1. The first-order chi connectivity index (χ1) is 11.6. The third kappa shape index (κ3) is 5.94. The maximum atomic E-state index is 12.1. The van der Waals surface area contributed by atoms with E-state index in [4.69, 9.17) is 16.7 Å². The van der Waals surface area contributed by atoms with Crippen LogP contribution in [0.15, 0.2) is 28.4 Å². The molecule has 1 aliphatic heterocycles. The molecule has 1 fully saturated rings. The fourth-order valence-electron chi connectivity index (χ4n) is 1.70. The van der Waals surface area contributed by atoms with Crippen LogP contribution in [0.1, 0.15) is 12.0 Å². The minimum Gasteiger partial charge on any atom is -0.481 e. The number of halogens is 4. The molecule has 1 atom stereocenters. The number of ether oxygens (including phenoxy) is 1. The summed E-state index contributed by atoms with van der Waals surface area (Å²) in [6.45, 7) is 0. The van der Waals surface area contributed by atoms with Crippen molar-refractivity contribution in [2.45, 2.75) is 18.0 Å². The van der Waals surface area contributed by atoms with E-state index < -0.39 is 29.2 Å². The average Bonchev–Trinajstić information content (AvgIpc) is 2.80. The second kappa shape index (κ2) is 7.74. The molecule has 0 radical (unpaired) electrons. The first kappa shape index (κ1) is 19.1. The number of benzene rings is 1. The molecule has 7 nitrogen and oxygen atoms in total. The molecule has 2 N–H and O–H groups in total. The van der Waals surface area contributed by atoms with E-state index in [1.165, 1.54) is 18.3 Å². The van der Waals surface area contributed by atoms with Gasteiger partial charge >= 0.3 is 12.3 Å². The second-order valence-corrected chi connectivity index (χ2v) is 6.18. The molecule has 0 aromatic heterocycles. The van der Waals surface area contributed by atoms with Gasteiger partial charge in [-0.2, -0.15) is 5.10 Å². The topological polar surface area (TPSA) is 100 Å². The zero-order chi connectivity index (χ0) is 18.6. The SMILES string of the molecule is O=C(O)CC1SC(=NN=Cc2ccc(OC(F)(F)F)c(Cl)c2)NC1=O. The molecule has 134 valence electrons. The molecule has 1 aromatic rings. The third-order valence-electron chi connectivity index (χ3n) is 2.67. The molecular formula is C13H9ClF3N3O4S. The van der Waals surface area contributed by atoms with E-state index in [0.29, 0.717) is 5.56 Å². The maximum absolute atomic E-state index is 12.1. The number of carbonyl (C=O) groups is 2. The lowest BCUT2D eigenvalue weighted by atomic mass is 10.2. The molecule has 1 amide bonds. The lowest BCUT2D eigenvalue weighted by Crippen LogP contribution is -2.26. The molecular weight excluding hydrogens is 387 g/mol. The van der Waals surface area contributed by atoms with Gasteiger partial charge in [0.15, 0.2) is 5.17 Å². The molecule has 1 heterocycles. The standard InChI is InChI=1S/C13H9ClF3N3O4S/c14-7-3-6(1-2-8(7)24-13(15,16)17)5-18-20-12-19-11(23)9(25-12)4-10(21)22/h1-3,5,9H,4H2,(H,21,22)(H,19,20,23). The lowest BCUT2D eigenvalue weighted by molar-refractivity contribution is -0.274. The number of thioether (sulfide) groups is 1. The summed E-state index contributed by atoms with van der Waals surface area (Å²) in [4.78, 5) is 22.1. The summed E-state index contributed by atoms with van der Waals surface area (Å²) >= 11 is 6.61. The minimum atomic E-state index is -4.85. The highest BCUT2D eigenvalue weighted by atomic mass is 35.5. The van der Waals surface area contributed by atoms with Crippen LogP contribution < -0.4 is 10.1 Å². The molecule has 0 aliphatic carbocycles. The molecule has 0 saturated carbocycles. The number of carboxylic acid groups (broad SMARTS) is 1. The molecule has 1 saturated heterocycles. The third-order valence-corrected chi connectivity index (χ3v) is 4.04. The van der Waals surface area contributed by atoms with Crippen molar-refractivity contribution < 1.29 is 32.6 Å². The number of carboxylic acids is 1. The number of alkyl halides is 3. The number of nitrogens with one attached hydrogen (secondary N) is 1. The van der Waals surface area contributed by atoms with E-state index in [9.17, 15) is 22.8 Å². The van der Waals surface area contributed by atoms with Crippen molar-refractivity contribution in [2.75, 3.05) is 0 Å². The Morgan fingerprint density at radius 2 is 2.20 bits per heavy atom. The number of hydrogen-bond acceptors (Lipinski definition) is 6. The van der Waals surface area contributed by atoms with Gasteiger partial charge in [0, 0.05) is 0 Å². The molecule has 2 rings (SSSR count). The zero-order valence-electron chi connectivity index (χ0n) is 12.1. The van der Waals surface area contributed by atoms with Crippen molar-refractivity contribution in [3.63, 3.8) is 0 Å². The molecule has 12 heteroatoms. The van der Waals surface area contributed by atoms with Gasteiger partial charge in [0.05, 0.1) is 17.7 Å². The number of hydrogen-bond donors (Lipinski definition) is 2. The predicted molar refractivity (Wildman–Crippen MR) is 84.9 cm³/mol. The van der Waals surface area contributed by atoms with Crippen LogP contribution in [0.25, 0.3) is 0 Å². The number of aliphatic carboxylic acids is 1. The summed E-state index contributed by atoms with van der Waals surface area (Å²) in [5.74, 6) is -2.15. The first-order valence-electron chi connectivity index (χ1n) is 6.49. The average molecular weight is 396 g/mol. The van der Waals surface area contributed by atoms with Crippen LogP contribution >= 0.6 is 23.4 Å². The molecule has 1 aliphatic rings. The largest absolute Gasteiger partial charge is 0.573 e. The summed E-state index contributed by atoms with van der Waals surface area (Å²) in [5, 5.41) is 17.5. The van der Waals surface area contributed by atoms with E-state index in [-0.39, 0.29) is 16.6 Å². The van der Waals surface area contributed by atoms with Gasteiger partial charge in [0.25, 0.3) is 0 Å². The molecule has 25 heavy (non-hydrogen) atoms. The van der Waals surface area contributed by atoms with Crippen molar-refractivity contribution in [3.05, 3.63) is 28.8 Å². The highest BCUT2D eigenvalue weighted by Gasteiger charge is 2.32. The van der Waals surface area contributed by atoms with Gasteiger partial charge in [-0.05, 0) is 23.8 Å². The normalized spacial score (nSPS) is 19.4. The van der Waals surface area contributed by atoms with Gasteiger partial charge in [-0.3, -0.25) is 9.59 Å². The van der Waals surface area contributed by atoms with Crippen LogP contribution in [0.2, 0.25) is 5.02 Å². The van der Waals surface area contributed by atoms with Crippen molar-refractivity contribution >= 4 is 46.6 Å². The number of nitrogens with zero attached hydrogens (tertiary/aromatic N) is 2. The van der Waals surface area contributed by atoms with Gasteiger partial charge in [0.2, 0.25) is 5.91 Å². The van der Waals surface area contributed by atoms with Crippen LogP contribution in [0, 0.1) is 0 Å². The zero-order valence-corrected chi connectivity index (χ0v) is 13.7. The quantitative estimate of drug-likeness (QED) is 0.589. The summed E-state index contributed by atoms with van der Waals surface area (Å²) in [5.41, 5.74) is 0.347. The van der Waals surface area contributed by atoms with E-state index >= 15 is 0 Å². The Morgan fingerprint density at radius 1 is 1.48 bits per heavy atom. The smallest absolute Gasteiger partial charge is 0.481 e. The highest BCUT2D eigenvalue weighted by Crippen LogP contribution is 2.30. The summed E-state index contributed by atoms with van der Waals surface area (Å²) in [6.07, 6.45) is -4.00. The Bertz CT molecular complexity index is 755. The maximum Gasteiger partial charge on any atom is 0.573 e. The first-order valence-corrected chi connectivity index (χ1v) is 7.75. The number of rotatable bonds is 5. The van der Waals surface area contributed by atoms with E-state index in [0.717, 1.165) is 17.8 Å². The summed E-state index contributed by atoms with van der Waals surface area (Å²) < 4.78 is 40.1. The van der Waals surface area contributed by atoms with Crippen molar-refractivity contribution in [2.24, 2.45) is 10.2 Å². The van der Waals surface area contributed by atoms with Crippen molar-refractivity contribution in [1.29, 1.82) is 0 Å². The van der Waals surface area contributed by atoms with Crippen molar-refractivity contribution in [3.8, 4) is 5.75 Å². The minimum absolute atomic E-state index is 0.121. The molecule has 0 bridgehead atoms. The molecule has 1 aromatic carbocycles.